The number of guanidine groups is 1. The van der Waals surface area contributed by atoms with Crippen LogP contribution in [0.3, 0.4) is 0 Å². The molecule has 1 amide bonds. The molecule has 1 heterocycles. The van der Waals surface area contributed by atoms with Gasteiger partial charge in [-0.15, -0.1) is 24.0 Å². The van der Waals surface area contributed by atoms with Crippen LogP contribution in [0.2, 0.25) is 0 Å². The van der Waals surface area contributed by atoms with Crippen LogP contribution < -0.4 is 11.1 Å². The van der Waals surface area contributed by atoms with Crippen LogP contribution in [0.15, 0.2) is 4.99 Å². The van der Waals surface area contributed by atoms with Crippen LogP contribution in [0.5, 0.6) is 0 Å². The molecular weight excluding hydrogens is 381 g/mol. The first-order chi connectivity index (χ1) is 9.52. The van der Waals surface area contributed by atoms with Crippen molar-refractivity contribution in [1.82, 2.24) is 15.1 Å². The van der Waals surface area contributed by atoms with Crippen molar-refractivity contribution in [3.8, 4) is 0 Å². The highest BCUT2D eigenvalue weighted by Crippen LogP contribution is 2.19. The Hall–Kier alpha value is -0.570. The van der Waals surface area contributed by atoms with Gasteiger partial charge >= 0.3 is 0 Å². The molecule has 0 aromatic heterocycles. The Morgan fingerprint density at radius 2 is 2.19 bits per heavy atom. The van der Waals surface area contributed by atoms with E-state index < -0.39 is 0 Å². The van der Waals surface area contributed by atoms with Gasteiger partial charge < -0.3 is 20.9 Å². The molecule has 0 aliphatic carbocycles. The highest BCUT2D eigenvalue weighted by Gasteiger charge is 2.23. The minimum atomic E-state index is -0.203. The number of piperidine rings is 1. The molecule has 0 radical (unpaired) electrons. The van der Waals surface area contributed by atoms with Crippen LogP contribution in [0.1, 0.15) is 25.7 Å². The van der Waals surface area contributed by atoms with Gasteiger partial charge in [0.2, 0.25) is 5.91 Å². The zero-order valence-electron chi connectivity index (χ0n) is 13.5. The van der Waals surface area contributed by atoms with E-state index in [1.807, 2.05) is 7.05 Å². The number of carbonyl (C=O) groups is 1. The van der Waals surface area contributed by atoms with E-state index >= 15 is 0 Å². The average molecular weight is 411 g/mol. The Balaban J connectivity index is 0.00000400. The maximum Gasteiger partial charge on any atom is 0.217 e. The fourth-order valence-electron chi connectivity index (χ4n) is 2.64. The maximum atomic E-state index is 11.0. The SMILES string of the molecule is CN=C(NCCCN(C)C)N1CCCC(CC(N)=O)C1.I. The van der Waals surface area contributed by atoms with Gasteiger partial charge in [-0.2, -0.15) is 0 Å². The van der Waals surface area contributed by atoms with Gasteiger partial charge in [-0.1, -0.05) is 0 Å². The van der Waals surface area contributed by atoms with Gasteiger partial charge in [0, 0.05) is 33.1 Å². The lowest BCUT2D eigenvalue weighted by atomic mass is 9.95. The number of nitrogens with zero attached hydrogens (tertiary/aromatic N) is 3. The predicted molar refractivity (Wildman–Crippen MR) is 98.1 cm³/mol. The molecule has 0 bridgehead atoms. The van der Waals surface area contributed by atoms with Crippen LogP contribution in [-0.2, 0) is 4.79 Å². The second-order valence-corrected chi connectivity index (χ2v) is 5.76. The summed E-state index contributed by atoms with van der Waals surface area (Å²) in [6, 6.07) is 0. The Bertz CT molecular complexity index is 335. The number of aliphatic imine (C=N–C) groups is 1. The van der Waals surface area contributed by atoms with E-state index in [0.717, 1.165) is 51.4 Å². The molecule has 1 aliphatic heterocycles. The molecule has 0 spiro atoms. The summed E-state index contributed by atoms with van der Waals surface area (Å²) in [5.41, 5.74) is 5.30. The molecule has 0 aromatic carbocycles. The smallest absolute Gasteiger partial charge is 0.217 e. The predicted octanol–water partition coefficient (Wildman–Crippen LogP) is 0.719. The third-order valence-corrected chi connectivity index (χ3v) is 3.59. The number of rotatable bonds is 6. The molecule has 1 atom stereocenters. The number of nitrogens with two attached hydrogens (primary N) is 1. The first-order valence-corrected chi connectivity index (χ1v) is 7.41. The standard InChI is InChI=1S/C14H29N5O.HI/c1-16-14(17-7-5-8-18(2)3)19-9-4-6-12(11-19)10-13(15)20;/h12H,4-11H2,1-3H3,(H2,15,20)(H,16,17);1H. The normalized spacial score (nSPS) is 19.3. The Morgan fingerprint density at radius 1 is 1.48 bits per heavy atom. The molecule has 1 rings (SSSR count). The van der Waals surface area contributed by atoms with Crippen LogP contribution in [0.4, 0.5) is 0 Å². The Labute approximate surface area is 145 Å². The zero-order chi connectivity index (χ0) is 15.0. The number of carbonyl (C=O) groups excluding carboxylic acids is 1. The second kappa shape index (κ2) is 11.1. The number of halogens is 1. The second-order valence-electron chi connectivity index (χ2n) is 5.76. The number of likely N-dealkylation sites (tertiary alicyclic amines) is 1. The minimum absolute atomic E-state index is 0. The van der Waals surface area contributed by atoms with Gasteiger partial charge in [0.15, 0.2) is 5.96 Å². The molecule has 1 aliphatic rings. The van der Waals surface area contributed by atoms with Gasteiger partial charge in [0.1, 0.15) is 0 Å². The van der Waals surface area contributed by atoms with E-state index in [9.17, 15) is 4.79 Å². The van der Waals surface area contributed by atoms with Crippen molar-refractivity contribution < 1.29 is 4.79 Å². The van der Waals surface area contributed by atoms with E-state index in [4.69, 9.17) is 5.73 Å². The van der Waals surface area contributed by atoms with Crippen LogP contribution in [-0.4, -0.2) is 69.0 Å². The van der Waals surface area contributed by atoms with Crippen molar-refractivity contribution in [2.75, 3.05) is 47.3 Å². The summed E-state index contributed by atoms with van der Waals surface area (Å²) in [5, 5.41) is 3.40. The van der Waals surface area contributed by atoms with Gasteiger partial charge in [0.05, 0.1) is 0 Å². The number of amides is 1. The number of hydrogen-bond donors (Lipinski definition) is 2. The average Bonchev–Trinajstić information content (AvgIpc) is 2.38. The van der Waals surface area contributed by atoms with Crippen LogP contribution in [0.25, 0.3) is 0 Å². The lowest BCUT2D eigenvalue weighted by Gasteiger charge is -2.34. The highest BCUT2D eigenvalue weighted by molar-refractivity contribution is 14.0. The van der Waals surface area contributed by atoms with E-state index in [1.54, 1.807) is 0 Å². The molecule has 21 heavy (non-hydrogen) atoms. The third-order valence-electron chi connectivity index (χ3n) is 3.59. The molecule has 0 saturated carbocycles. The summed E-state index contributed by atoms with van der Waals surface area (Å²) >= 11 is 0. The minimum Gasteiger partial charge on any atom is -0.370 e. The molecule has 1 fully saturated rings. The van der Waals surface area contributed by atoms with Crippen molar-refractivity contribution in [3.05, 3.63) is 0 Å². The molecule has 124 valence electrons. The maximum absolute atomic E-state index is 11.0. The third kappa shape index (κ3) is 8.45. The summed E-state index contributed by atoms with van der Waals surface area (Å²) in [4.78, 5) is 19.8. The lowest BCUT2D eigenvalue weighted by molar-refractivity contribution is -0.119. The van der Waals surface area contributed by atoms with Crippen LogP contribution >= 0.6 is 24.0 Å². The Kier molecular flexibility index (Phi) is 10.8. The van der Waals surface area contributed by atoms with Crippen molar-refractivity contribution in [1.29, 1.82) is 0 Å². The van der Waals surface area contributed by atoms with E-state index in [-0.39, 0.29) is 29.9 Å². The van der Waals surface area contributed by atoms with Gasteiger partial charge in [-0.05, 0) is 45.8 Å². The van der Waals surface area contributed by atoms with Gasteiger partial charge in [-0.25, -0.2) is 0 Å². The van der Waals surface area contributed by atoms with Crippen LogP contribution in [0, 0.1) is 5.92 Å². The molecule has 1 saturated heterocycles. The van der Waals surface area contributed by atoms with Crippen molar-refractivity contribution in [2.45, 2.75) is 25.7 Å². The monoisotopic (exact) mass is 411 g/mol. The van der Waals surface area contributed by atoms with Crippen molar-refractivity contribution in [2.24, 2.45) is 16.6 Å². The van der Waals surface area contributed by atoms with E-state index in [2.05, 4.69) is 34.2 Å². The highest BCUT2D eigenvalue weighted by atomic mass is 127. The fourth-order valence-corrected chi connectivity index (χ4v) is 2.64. The van der Waals surface area contributed by atoms with E-state index in [0.29, 0.717) is 12.3 Å². The summed E-state index contributed by atoms with van der Waals surface area (Å²) in [7, 11) is 5.97. The quantitative estimate of drug-likeness (QED) is 0.292. The van der Waals surface area contributed by atoms with E-state index in [1.165, 1.54) is 0 Å². The molecular formula is C14H30IN5O. The summed E-state index contributed by atoms with van der Waals surface area (Å²) in [6.45, 7) is 3.86. The zero-order valence-corrected chi connectivity index (χ0v) is 15.8. The number of nitrogens with one attached hydrogen (secondary N) is 1. The van der Waals surface area contributed by atoms with Crippen molar-refractivity contribution >= 4 is 35.8 Å². The van der Waals surface area contributed by atoms with Gasteiger partial charge in [0.25, 0.3) is 0 Å². The molecule has 1 unspecified atom stereocenters. The summed E-state index contributed by atoms with van der Waals surface area (Å²) < 4.78 is 0. The molecule has 0 aromatic rings. The summed E-state index contributed by atoms with van der Waals surface area (Å²) in [5.74, 6) is 1.10. The lowest BCUT2D eigenvalue weighted by Crippen LogP contribution is -2.47. The fraction of sp³-hybridized carbons (Fsp3) is 0.857. The first-order valence-electron chi connectivity index (χ1n) is 7.41. The molecule has 6 nitrogen and oxygen atoms in total. The summed E-state index contributed by atoms with van der Waals surface area (Å²) in [6.07, 6.45) is 3.74. The first kappa shape index (κ1) is 20.4. The largest absolute Gasteiger partial charge is 0.370 e. The number of primary amides is 1. The number of hydrogen-bond acceptors (Lipinski definition) is 3. The van der Waals surface area contributed by atoms with Crippen molar-refractivity contribution in [3.63, 3.8) is 0 Å². The topological polar surface area (TPSA) is 74.0 Å². The molecule has 7 heteroatoms. The molecule has 3 N–H and O–H groups in total. The Morgan fingerprint density at radius 3 is 2.76 bits per heavy atom. The van der Waals surface area contributed by atoms with Gasteiger partial charge in [-0.3, -0.25) is 9.79 Å².